The lowest BCUT2D eigenvalue weighted by atomic mass is 9.44. The van der Waals surface area contributed by atoms with Crippen molar-refractivity contribution in [3.63, 3.8) is 0 Å². The molecule has 4 heteroatoms. The lowest BCUT2D eigenvalue weighted by molar-refractivity contribution is -0.139. The van der Waals surface area contributed by atoms with Gasteiger partial charge in [-0.15, -0.1) is 0 Å². The van der Waals surface area contributed by atoms with Gasteiger partial charge < -0.3 is 5.11 Å². The fourth-order valence-corrected chi connectivity index (χ4v) is 9.72. The van der Waals surface area contributed by atoms with E-state index in [1.807, 2.05) is 0 Å². The summed E-state index contributed by atoms with van der Waals surface area (Å²) in [5.74, 6) is 3.86. The summed E-state index contributed by atoms with van der Waals surface area (Å²) in [4.78, 5) is 23.5. The maximum atomic E-state index is 12.3. The van der Waals surface area contributed by atoms with E-state index in [2.05, 4.69) is 36.7 Å². The summed E-state index contributed by atoms with van der Waals surface area (Å²) in [7, 11) is 0. The predicted octanol–water partition coefficient (Wildman–Crippen LogP) is 6.09. The average Bonchev–Trinajstić information content (AvgIpc) is 3.00. The van der Waals surface area contributed by atoms with Crippen molar-refractivity contribution in [3.05, 3.63) is 0 Å². The summed E-state index contributed by atoms with van der Waals surface area (Å²) >= 11 is 3.77. The molecule has 0 amide bonds. The first kappa shape index (κ1) is 20.9. The Morgan fingerprint density at radius 1 is 1.07 bits per heavy atom. The number of carboxylic acids is 1. The summed E-state index contributed by atoms with van der Waals surface area (Å²) in [6.45, 7) is 7.34. The third kappa shape index (κ3) is 3.11. The van der Waals surface area contributed by atoms with Crippen LogP contribution < -0.4 is 0 Å². The van der Waals surface area contributed by atoms with Gasteiger partial charge in [0.2, 0.25) is 0 Å². The molecule has 0 aromatic rings. The largest absolute Gasteiger partial charge is 0.481 e. The second kappa shape index (κ2) is 7.39. The van der Waals surface area contributed by atoms with Crippen LogP contribution in [-0.4, -0.2) is 21.7 Å². The van der Waals surface area contributed by atoms with Gasteiger partial charge in [-0.3, -0.25) is 9.59 Å². The minimum atomic E-state index is -0.655. The first-order valence-electron chi connectivity index (χ1n) is 11.6. The van der Waals surface area contributed by atoms with Gasteiger partial charge in [-0.2, -0.15) is 0 Å². The van der Waals surface area contributed by atoms with Gasteiger partial charge in [0.05, 0.1) is 4.83 Å². The van der Waals surface area contributed by atoms with E-state index >= 15 is 0 Å². The van der Waals surface area contributed by atoms with Crippen molar-refractivity contribution in [1.82, 2.24) is 0 Å². The Hall–Kier alpha value is -0.380. The number of aliphatic carboxylic acids is 1. The zero-order valence-corrected chi connectivity index (χ0v) is 19.3. The summed E-state index contributed by atoms with van der Waals surface area (Å²) in [5.41, 5.74) is 0.708. The van der Waals surface area contributed by atoms with Gasteiger partial charge in [0.25, 0.3) is 0 Å². The zero-order valence-electron chi connectivity index (χ0n) is 17.8. The fraction of sp³-hybridized carbons (Fsp3) is 0.917. The van der Waals surface area contributed by atoms with Crippen LogP contribution in [0.4, 0.5) is 0 Å². The molecule has 0 spiro atoms. The molecule has 0 saturated heterocycles. The Morgan fingerprint density at radius 3 is 2.46 bits per heavy atom. The van der Waals surface area contributed by atoms with E-state index in [1.165, 1.54) is 38.5 Å². The number of fused-ring (bicyclic) bond motifs is 5. The number of rotatable bonds is 4. The molecule has 28 heavy (non-hydrogen) atoms. The smallest absolute Gasteiger partial charge is 0.303 e. The van der Waals surface area contributed by atoms with Crippen LogP contribution in [0.15, 0.2) is 0 Å². The molecule has 158 valence electrons. The molecular weight excluding hydrogens is 416 g/mol. The number of hydrogen-bond acceptors (Lipinski definition) is 2. The molecule has 9 atom stereocenters. The Bertz CT molecular complexity index is 648. The molecule has 4 fully saturated rings. The third-order valence-electron chi connectivity index (χ3n) is 10.1. The van der Waals surface area contributed by atoms with Crippen molar-refractivity contribution >= 4 is 27.7 Å². The number of halogens is 1. The highest BCUT2D eigenvalue weighted by molar-refractivity contribution is 9.10. The Morgan fingerprint density at radius 2 is 1.75 bits per heavy atom. The highest BCUT2D eigenvalue weighted by Gasteiger charge is 2.61. The van der Waals surface area contributed by atoms with Crippen LogP contribution in [0.2, 0.25) is 0 Å². The Labute approximate surface area is 178 Å². The lowest BCUT2D eigenvalue weighted by Gasteiger charge is -2.61. The molecule has 0 aromatic carbocycles. The van der Waals surface area contributed by atoms with Gasteiger partial charge in [0.1, 0.15) is 5.78 Å². The number of ketones is 1. The number of Topliss-reactive ketones (excluding diaryl/α,β-unsaturated/α-hetero) is 1. The van der Waals surface area contributed by atoms with Gasteiger partial charge in [-0.25, -0.2) is 0 Å². The topological polar surface area (TPSA) is 54.4 Å². The number of carboxylic acid groups (broad SMARTS) is 1. The molecule has 2 unspecified atom stereocenters. The summed E-state index contributed by atoms with van der Waals surface area (Å²) in [5, 5.41) is 9.11. The van der Waals surface area contributed by atoms with Gasteiger partial charge >= 0.3 is 5.97 Å². The quantitative estimate of drug-likeness (QED) is 0.524. The fourth-order valence-electron chi connectivity index (χ4n) is 8.62. The van der Waals surface area contributed by atoms with Crippen LogP contribution in [0.5, 0.6) is 0 Å². The van der Waals surface area contributed by atoms with Crippen LogP contribution in [0, 0.1) is 46.3 Å². The van der Waals surface area contributed by atoms with Crippen molar-refractivity contribution in [1.29, 1.82) is 0 Å². The normalized spacial score (nSPS) is 49.1. The molecular formula is C24H37BrO3. The van der Waals surface area contributed by atoms with Crippen molar-refractivity contribution in [3.8, 4) is 0 Å². The van der Waals surface area contributed by atoms with Crippen LogP contribution in [0.25, 0.3) is 0 Å². The van der Waals surface area contributed by atoms with Crippen LogP contribution in [0.3, 0.4) is 0 Å². The minimum absolute atomic E-state index is 0.0767. The lowest BCUT2D eigenvalue weighted by Crippen LogP contribution is -2.56. The molecule has 0 aromatic heterocycles. The Balaban J connectivity index is 1.53. The van der Waals surface area contributed by atoms with E-state index in [4.69, 9.17) is 5.11 Å². The molecule has 4 aliphatic carbocycles. The van der Waals surface area contributed by atoms with Crippen LogP contribution >= 0.6 is 15.9 Å². The Kier molecular flexibility index (Phi) is 5.51. The van der Waals surface area contributed by atoms with Gasteiger partial charge in [0.15, 0.2) is 0 Å². The summed E-state index contributed by atoms with van der Waals surface area (Å²) in [6.07, 6.45) is 10.7. The van der Waals surface area contributed by atoms with Gasteiger partial charge in [-0.1, -0.05) is 36.7 Å². The van der Waals surface area contributed by atoms with Gasteiger partial charge in [-0.05, 0) is 97.7 Å². The second-order valence-corrected chi connectivity index (χ2v) is 12.1. The maximum Gasteiger partial charge on any atom is 0.303 e. The highest BCUT2D eigenvalue weighted by atomic mass is 79.9. The zero-order chi connectivity index (χ0) is 20.3. The third-order valence-corrected chi connectivity index (χ3v) is 11.2. The van der Waals surface area contributed by atoms with E-state index < -0.39 is 5.97 Å². The first-order chi connectivity index (χ1) is 13.2. The number of hydrogen-bond donors (Lipinski definition) is 1. The van der Waals surface area contributed by atoms with Gasteiger partial charge in [0, 0.05) is 12.8 Å². The second-order valence-electron chi connectivity index (χ2n) is 11.1. The van der Waals surface area contributed by atoms with Crippen molar-refractivity contribution in [2.24, 2.45) is 46.3 Å². The molecule has 3 nitrogen and oxygen atoms in total. The SMILES string of the molecule is C[C@H](CCC(=O)O)[C@H]1CC[C@H]2[C@@H]3CCC4C(Br)C(=O)CC[C@]4(C)[C@H]3CC[C@]12C. The van der Waals surface area contributed by atoms with Crippen molar-refractivity contribution < 1.29 is 14.7 Å². The summed E-state index contributed by atoms with van der Waals surface area (Å²) < 4.78 is 0. The van der Waals surface area contributed by atoms with Crippen molar-refractivity contribution in [2.45, 2.75) is 89.8 Å². The maximum absolute atomic E-state index is 12.3. The molecule has 4 aliphatic rings. The van der Waals surface area contributed by atoms with Crippen LogP contribution in [-0.2, 0) is 9.59 Å². The molecule has 4 rings (SSSR count). The highest BCUT2D eigenvalue weighted by Crippen LogP contribution is 2.68. The minimum Gasteiger partial charge on any atom is -0.481 e. The van der Waals surface area contributed by atoms with Crippen LogP contribution in [0.1, 0.15) is 85.0 Å². The van der Waals surface area contributed by atoms with E-state index in [9.17, 15) is 9.59 Å². The first-order valence-corrected chi connectivity index (χ1v) is 12.5. The van der Waals surface area contributed by atoms with Crippen molar-refractivity contribution in [2.75, 3.05) is 0 Å². The molecule has 0 bridgehead atoms. The molecule has 1 N–H and O–H groups in total. The standard InChI is InChI=1S/C24H37BrO3/c1-14(4-9-21(27)28)16-7-8-17-15-5-6-19-22(25)20(26)11-13-24(19,3)18(15)10-12-23(16,17)2/h14-19,22H,4-13H2,1-3H3,(H,27,28)/t14-,15+,16-,17+,18+,19?,22?,23-,24-/m1/s1. The molecule has 0 radical (unpaired) electrons. The van der Waals surface area contributed by atoms with E-state index in [0.717, 1.165) is 37.0 Å². The molecule has 0 heterocycles. The monoisotopic (exact) mass is 452 g/mol. The van der Waals surface area contributed by atoms with E-state index in [1.54, 1.807) is 0 Å². The van der Waals surface area contributed by atoms with E-state index in [-0.39, 0.29) is 4.83 Å². The number of carbonyl (C=O) groups is 2. The predicted molar refractivity (Wildman–Crippen MR) is 114 cm³/mol. The number of carbonyl (C=O) groups excluding carboxylic acids is 1. The molecule has 4 saturated carbocycles. The van der Waals surface area contributed by atoms with E-state index in [0.29, 0.717) is 40.8 Å². The number of alkyl halides is 1. The average molecular weight is 453 g/mol. The molecule has 0 aliphatic heterocycles. The summed E-state index contributed by atoms with van der Waals surface area (Å²) in [6, 6.07) is 0.